The third kappa shape index (κ3) is 3.46. The Kier molecular flexibility index (Phi) is 5.05. The van der Waals surface area contributed by atoms with Crippen LogP contribution in [-0.4, -0.2) is 61.2 Å². The van der Waals surface area contributed by atoms with Gasteiger partial charge in [-0.1, -0.05) is 33.1 Å². The Morgan fingerprint density at radius 2 is 1.61 bits per heavy atom. The second-order valence-corrected chi connectivity index (χ2v) is 6.61. The molecule has 0 radical (unpaired) electrons. The number of nitrogens with one attached hydrogen (secondary N) is 1. The zero-order chi connectivity index (χ0) is 13.0. The van der Waals surface area contributed by atoms with E-state index in [0.29, 0.717) is 11.6 Å². The van der Waals surface area contributed by atoms with Crippen LogP contribution in [0.5, 0.6) is 0 Å². The van der Waals surface area contributed by atoms with E-state index in [2.05, 4.69) is 36.0 Å². The van der Waals surface area contributed by atoms with Crippen LogP contribution in [-0.2, 0) is 0 Å². The molecule has 1 saturated carbocycles. The van der Waals surface area contributed by atoms with E-state index in [1.54, 1.807) is 0 Å². The van der Waals surface area contributed by atoms with Crippen LogP contribution in [0, 0.1) is 0 Å². The van der Waals surface area contributed by atoms with Crippen LogP contribution in [0.4, 0.5) is 0 Å². The lowest BCUT2D eigenvalue weighted by atomic mass is 9.79. The second kappa shape index (κ2) is 6.36. The van der Waals surface area contributed by atoms with E-state index in [1.165, 1.54) is 64.8 Å². The molecule has 0 aromatic heterocycles. The first-order valence-corrected chi connectivity index (χ1v) is 7.79. The molecule has 0 spiro atoms. The van der Waals surface area contributed by atoms with Gasteiger partial charge in [-0.05, 0) is 19.9 Å². The van der Waals surface area contributed by atoms with Crippen molar-refractivity contribution in [2.75, 3.05) is 39.8 Å². The first-order valence-electron chi connectivity index (χ1n) is 7.79. The van der Waals surface area contributed by atoms with E-state index in [9.17, 15) is 0 Å². The maximum atomic E-state index is 3.71. The lowest BCUT2D eigenvalue weighted by molar-refractivity contribution is 0.0127. The van der Waals surface area contributed by atoms with Gasteiger partial charge in [0.2, 0.25) is 0 Å². The summed E-state index contributed by atoms with van der Waals surface area (Å²) >= 11 is 0. The molecule has 18 heavy (non-hydrogen) atoms. The molecule has 0 amide bonds. The van der Waals surface area contributed by atoms with Crippen molar-refractivity contribution in [1.82, 2.24) is 15.1 Å². The number of rotatable bonds is 4. The average Bonchev–Trinajstić information content (AvgIpc) is 2.38. The molecule has 0 atom stereocenters. The van der Waals surface area contributed by atoms with Gasteiger partial charge in [-0.3, -0.25) is 4.90 Å². The van der Waals surface area contributed by atoms with E-state index in [-0.39, 0.29) is 0 Å². The first kappa shape index (κ1) is 14.3. The van der Waals surface area contributed by atoms with Crippen molar-refractivity contribution >= 4 is 0 Å². The van der Waals surface area contributed by atoms with E-state index >= 15 is 0 Å². The molecule has 106 valence electrons. The summed E-state index contributed by atoms with van der Waals surface area (Å²) in [5, 5.41) is 3.71. The van der Waals surface area contributed by atoms with E-state index in [1.807, 2.05) is 0 Å². The van der Waals surface area contributed by atoms with Crippen LogP contribution in [0.15, 0.2) is 0 Å². The SMILES string of the molecule is CC(C)NCC1(N2CCN(C)CC2)CCCCC1. The molecule has 3 heteroatoms. The molecule has 0 unspecified atom stereocenters. The number of piperazine rings is 1. The largest absolute Gasteiger partial charge is 0.313 e. The molecule has 2 rings (SSSR count). The van der Waals surface area contributed by atoms with Crippen molar-refractivity contribution in [2.24, 2.45) is 0 Å². The fourth-order valence-corrected chi connectivity index (χ4v) is 3.49. The Bertz CT molecular complexity index is 238. The summed E-state index contributed by atoms with van der Waals surface area (Å²) in [5.74, 6) is 0. The van der Waals surface area contributed by atoms with Gasteiger partial charge < -0.3 is 10.2 Å². The number of hydrogen-bond donors (Lipinski definition) is 1. The van der Waals surface area contributed by atoms with Gasteiger partial charge in [0.05, 0.1) is 0 Å². The molecule has 1 aliphatic heterocycles. The Balaban J connectivity index is 1.99. The van der Waals surface area contributed by atoms with Crippen molar-refractivity contribution in [1.29, 1.82) is 0 Å². The molecule has 2 aliphatic rings. The lowest BCUT2D eigenvalue weighted by Crippen LogP contribution is -2.61. The Morgan fingerprint density at radius 1 is 1.00 bits per heavy atom. The van der Waals surface area contributed by atoms with Crippen LogP contribution in [0.2, 0.25) is 0 Å². The van der Waals surface area contributed by atoms with Crippen LogP contribution in [0.25, 0.3) is 0 Å². The summed E-state index contributed by atoms with van der Waals surface area (Å²) in [5.41, 5.74) is 0.462. The molecule has 2 fully saturated rings. The average molecular weight is 253 g/mol. The number of hydrogen-bond acceptors (Lipinski definition) is 3. The number of nitrogens with zero attached hydrogens (tertiary/aromatic N) is 2. The minimum absolute atomic E-state index is 0.462. The first-order chi connectivity index (χ1) is 8.62. The predicted octanol–water partition coefficient (Wildman–Crippen LogP) is 1.93. The van der Waals surface area contributed by atoms with Crippen molar-refractivity contribution in [2.45, 2.75) is 57.5 Å². The third-order valence-electron chi connectivity index (χ3n) is 4.80. The minimum atomic E-state index is 0.462. The maximum absolute atomic E-state index is 3.71. The van der Waals surface area contributed by atoms with E-state index in [4.69, 9.17) is 0 Å². The van der Waals surface area contributed by atoms with Gasteiger partial charge in [0.25, 0.3) is 0 Å². The molecule has 0 aromatic rings. The molecule has 1 heterocycles. The molecule has 1 saturated heterocycles. The smallest absolute Gasteiger partial charge is 0.0335 e. The molecule has 1 N–H and O–H groups in total. The lowest BCUT2D eigenvalue weighted by Gasteiger charge is -2.50. The van der Waals surface area contributed by atoms with Crippen molar-refractivity contribution in [3.63, 3.8) is 0 Å². The van der Waals surface area contributed by atoms with Gasteiger partial charge in [-0.15, -0.1) is 0 Å². The topological polar surface area (TPSA) is 18.5 Å². The minimum Gasteiger partial charge on any atom is -0.313 e. The van der Waals surface area contributed by atoms with Gasteiger partial charge in [0.15, 0.2) is 0 Å². The fourth-order valence-electron chi connectivity index (χ4n) is 3.49. The monoisotopic (exact) mass is 253 g/mol. The van der Waals surface area contributed by atoms with Gasteiger partial charge in [-0.2, -0.15) is 0 Å². The molecular formula is C15H31N3. The second-order valence-electron chi connectivity index (χ2n) is 6.61. The highest BCUT2D eigenvalue weighted by Crippen LogP contribution is 2.34. The molecule has 0 aromatic carbocycles. The quantitative estimate of drug-likeness (QED) is 0.826. The van der Waals surface area contributed by atoms with Crippen LogP contribution >= 0.6 is 0 Å². The molecule has 0 bridgehead atoms. The normalized spacial score (nSPS) is 26.7. The van der Waals surface area contributed by atoms with Crippen molar-refractivity contribution < 1.29 is 0 Å². The highest BCUT2D eigenvalue weighted by molar-refractivity contribution is 4.97. The zero-order valence-corrected chi connectivity index (χ0v) is 12.5. The van der Waals surface area contributed by atoms with Crippen molar-refractivity contribution in [3.8, 4) is 0 Å². The summed E-state index contributed by atoms with van der Waals surface area (Å²) in [7, 11) is 2.25. The van der Waals surface area contributed by atoms with Gasteiger partial charge >= 0.3 is 0 Å². The zero-order valence-electron chi connectivity index (χ0n) is 12.5. The third-order valence-corrected chi connectivity index (χ3v) is 4.80. The predicted molar refractivity (Wildman–Crippen MR) is 78.0 cm³/mol. The van der Waals surface area contributed by atoms with Gasteiger partial charge in [-0.25, -0.2) is 0 Å². The maximum Gasteiger partial charge on any atom is 0.0335 e. The van der Waals surface area contributed by atoms with E-state index < -0.39 is 0 Å². The molecule has 1 aliphatic carbocycles. The Morgan fingerprint density at radius 3 is 2.17 bits per heavy atom. The number of likely N-dealkylation sites (N-methyl/N-ethyl adjacent to an activating group) is 1. The summed E-state index contributed by atoms with van der Waals surface area (Å²) in [4.78, 5) is 5.25. The Labute approximate surface area is 113 Å². The molecule has 3 nitrogen and oxygen atoms in total. The van der Waals surface area contributed by atoms with Crippen LogP contribution in [0.3, 0.4) is 0 Å². The summed E-state index contributed by atoms with van der Waals surface area (Å²) < 4.78 is 0. The fraction of sp³-hybridized carbons (Fsp3) is 1.00. The van der Waals surface area contributed by atoms with Crippen molar-refractivity contribution in [3.05, 3.63) is 0 Å². The molecular weight excluding hydrogens is 222 g/mol. The van der Waals surface area contributed by atoms with Crippen LogP contribution < -0.4 is 5.32 Å². The Hall–Kier alpha value is -0.120. The highest BCUT2D eigenvalue weighted by Gasteiger charge is 2.38. The standard InChI is InChI=1S/C15H31N3/c1-14(2)16-13-15(7-5-4-6-8-15)18-11-9-17(3)10-12-18/h14,16H,4-13H2,1-3H3. The van der Waals surface area contributed by atoms with Gasteiger partial charge in [0, 0.05) is 44.3 Å². The summed E-state index contributed by atoms with van der Waals surface area (Å²) in [6, 6.07) is 0.608. The van der Waals surface area contributed by atoms with E-state index in [0.717, 1.165) is 0 Å². The van der Waals surface area contributed by atoms with Crippen LogP contribution in [0.1, 0.15) is 46.0 Å². The summed E-state index contributed by atoms with van der Waals surface area (Å²) in [6.07, 6.45) is 7.09. The highest BCUT2D eigenvalue weighted by atomic mass is 15.3. The summed E-state index contributed by atoms with van der Waals surface area (Å²) in [6.45, 7) is 10.7. The van der Waals surface area contributed by atoms with Gasteiger partial charge in [0.1, 0.15) is 0 Å².